The molecule has 0 bridgehead atoms. The third-order valence-corrected chi connectivity index (χ3v) is 4.98. The van der Waals surface area contributed by atoms with E-state index in [4.69, 9.17) is 11.6 Å². The summed E-state index contributed by atoms with van der Waals surface area (Å²) in [5.74, 6) is -0.106. The van der Waals surface area contributed by atoms with Gasteiger partial charge in [0.25, 0.3) is 5.91 Å². The van der Waals surface area contributed by atoms with E-state index >= 15 is 0 Å². The van der Waals surface area contributed by atoms with E-state index in [9.17, 15) is 4.79 Å². The van der Waals surface area contributed by atoms with Crippen molar-refractivity contribution < 1.29 is 4.79 Å². The molecule has 0 aliphatic carbocycles. The molecule has 6 heteroatoms. The van der Waals surface area contributed by atoms with E-state index in [1.54, 1.807) is 6.07 Å². The van der Waals surface area contributed by atoms with Gasteiger partial charge in [0.1, 0.15) is 0 Å². The fourth-order valence-electron chi connectivity index (χ4n) is 2.28. The van der Waals surface area contributed by atoms with E-state index < -0.39 is 0 Å². The van der Waals surface area contributed by atoms with Crippen LogP contribution in [0.3, 0.4) is 0 Å². The summed E-state index contributed by atoms with van der Waals surface area (Å²) in [5.41, 5.74) is 0.702. The van der Waals surface area contributed by atoms with Gasteiger partial charge in [0.05, 0.1) is 10.6 Å². The summed E-state index contributed by atoms with van der Waals surface area (Å²) in [6.45, 7) is 4.95. The summed E-state index contributed by atoms with van der Waals surface area (Å²) in [4.78, 5) is 12.2. The molecule has 1 aromatic rings. The average Bonchev–Trinajstić information content (AvgIpc) is 2.40. The fraction of sp³-hybridized carbons (Fsp3) is 0.500. The number of halogens is 3. The highest BCUT2D eigenvalue weighted by molar-refractivity contribution is 9.10. The van der Waals surface area contributed by atoms with Crippen molar-refractivity contribution in [3.05, 3.63) is 33.3 Å². The second kappa shape index (κ2) is 7.64. The van der Waals surface area contributed by atoms with Crippen molar-refractivity contribution in [2.75, 3.05) is 19.6 Å². The van der Waals surface area contributed by atoms with E-state index in [0.717, 1.165) is 30.4 Å². The molecule has 1 aliphatic heterocycles. The number of benzene rings is 1. The van der Waals surface area contributed by atoms with Gasteiger partial charge in [-0.1, -0.05) is 24.6 Å². The first kappa shape index (κ1) is 17.8. The summed E-state index contributed by atoms with van der Waals surface area (Å²) in [6.07, 6.45) is 2.17. The van der Waals surface area contributed by atoms with Crippen LogP contribution in [0.4, 0.5) is 0 Å². The highest BCUT2D eigenvalue weighted by Crippen LogP contribution is 2.28. The van der Waals surface area contributed by atoms with Crippen LogP contribution in [0.25, 0.3) is 0 Å². The van der Waals surface area contributed by atoms with Crippen LogP contribution in [0.5, 0.6) is 0 Å². The Morgan fingerprint density at radius 3 is 2.75 bits per heavy atom. The van der Waals surface area contributed by atoms with Gasteiger partial charge in [-0.15, -0.1) is 12.4 Å². The molecule has 20 heavy (non-hydrogen) atoms. The molecule has 1 aliphatic rings. The molecule has 1 fully saturated rings. The van der Waals surface area contributed by atoms with Crippen LogP contribution in [0.15, 0.2) is 22.7 Å². The molecule has 0 radical (unpaired) electrons. The molecule has 0 saturated carbocycles. The predicted molar refractivity (Wildman–Crippen MR) is 88.9 cm³/mol. The topological polar surface area (TPSA) is 41.1 Å². The largest absolute Gasteiger partial charge is 0.351 e. The minimum Gasteiger partial charge on any atom is -0.351 e. The van der Waals surface area contributed by atoms with Crippen molar-refractivity contribution in [2.24, 2.45) is 5.41 Å². The zero-order valence-corrected chi connectivity index (χ0v) is 14.5. The van der Waals surface area contributed by atoms with Crippen molar-refractivity contribution in [2.45, 2.75) is 19.8 Å². The van der Waals surface area contributed by atoms with Gasteiger partial charge in [-0.2, -0.15) is 0 Å². The molecule has 112 valence electrons. The van der Waals surface area contributed by atoms with Crippen LogP contribution in [-0.4, -0.2) is 25.5 Å². The fourth-order valence-corrected chi connectivity index (χ4v) is 2.85. The summed E-state index contributed by atoms with van der Waals surface area (Å²) in [5, 5.41) is 6.81. The number of carbonyl (C=O) groups excluding carboxylic acids is 1. The number of carbonyl (C=O) groups is 1. The maximum absolute atomic E-state index is 12.2. The SMILES string of the molecule is CC1(CNC(=O)c2cccc(Br)c2Cl)CCNCC1.Cl. The number of amides is 1. The van der Waals surface area contributed by atoms with E-state index in [0.29, 0.717) is 17.1 Å². The lowest BCUT2D eigenvalue weighted by Gasteiger charge is -2.34. The average molecular weight is 382 g/mol. The van der Waals surface area contributed by atoms with E-state index in [-0.39, 0.29) is 23.7 Å². The molecule has 2 N–H and O–H groups in total. The standard InChI is InChI=1S/C14H18BrClN2O.ClH/c1-14(5-7-17-8-6-14)9-18-13(19)10-3-2-4-11(15)12(10)16;/h2-4,17H,5-9H2,1H3,(H,18,19);1H. The Morgan fingerprint density at radius 2 is 2.10 bits per heavy atom. The molecule has 1 saturated heterocycles. The quantitative estimate of drug-likeness (QED) is 0.838. The van der Waals surface area contributed by atoms with Gasteiger partial charge in [0.15, 0.2) is 0 Å². The van der Waals surface area contributed by atoms with Crippen LogP contribution < -0.4 is 10.6 Å². The monoisotopic (exact) mass is 380 g/mol. The zero-order chi connectivity index (χ0) is 13.9. The van der Waals surface area contributed by atoms with Crippen LogP contribution >= 0.6 is 39.9 Å². The Morgan fingerprint density at radius 1 is 1.45 bits per heavy atom. The summed E-state index contributed by atoms with van der Waals surface area (Å²) < 4.78 is 0.745. The van der Waals surface area contributed by atoms with E-state index in [2.05, 4.69) is 33.5 Å². The number of nitrogens with one attached hydrogen (secondary N) is 2. The van der Waals surface area contributed by atoms with E-state index in [1.807, 2.05) is 12.1 Å². The van der Waals surface area contributed by atoms with E-state index in [1.165, 1.54) is 0 Å². The lowest BCUT2D eigenvalue weighted by Crippen LogP contribution is -2.42. The Labute approximate surface area is 139 Å². The van der Waals surface area contributed by atoms with Gasteiger partial charge in [-0.25, -0.2) is 0 Å². The number of rotatable bonds is 3. The molecule has 2 rings (SSSR count). The first-order valence-corrected chi connectivity index (χ1v) is 7.62. The minimum absolute atomic E-state index is 0. The van der Waals surface area contributed by atoms with Gasteiger partial charge in [-0.3, -0.25) is 4.79 Å². The van der Waals surface area contributed by atoms with Crippen LogP contribution in [0.2, 0.25) is 5.02 Å². The van der Waals surface area contributed by atoms with Crippen molar-refractivity contribution in [1.82, 2.24) is 10.6 Å². The van der Waals surface area contributed by atoms with Gasteiger partial charge < -0.3 is 10.6 Å². The van der Waals surface area contributed by atoms with Crippen molar-refractivity contribution in [1.29, 1.82) is 0 Å². The molecule has 0 atom stereocenters. The van der Waals surface area contributed by atoms with Gasteiger partial charge in [-0.05, 0) is 59.4 Å². The molecular weight excluding hydrogens is 363 g/mol. The highest BCUT2D eigenvalue weighted by Gasteiger charge is 2.27. The molecule has 0 aromatic heterocycles. The maximum atomic E-state index is 12.2. The Bertz CT molecular complexity index is 476. The highest BCUT2D eigenvalue weighted by atomic mass is 79.9. The normalized spacial score (nSPS) is 17.1. The minimum atomic E-state index is -0.106. The second-order valence-electron chi connectivity index (χ2n) is 5.34. The molecular formula is C14H19BrCl2N2O. The van der Waals surface area contributed by atoms with Crippen molar-refractivity contribution in [3.8, 4) is 0 Å². The van der Waals surface area contributed by atoms with Crippen molar-refractivity contribution in [3.63, 3.8) is 0 Å². The summed E-state index contributed by atoms with van der Waals surface area (Å²) in [7, 11) is 0. The second-order valence-corrected chi connectivity index (χ2v) is 6.58. The van der Waals surface area contributed by atoms with Crippen molar-refractivity contribution >= 4 is 45.8 Å². The molecule has 1 amide bonds. The number of hydrogen-bond acceptors (Lipinski definition) is 2. The Hall–Kier alpha value is -0.290. The zero-order valence-electron chi connectivity index (χ0n) is 11.3. The molecule has 1 aromatic carbocycles. The smallest absolute Gasteiger partial charge is 0.252 e. The first-order chi connectivity index (χ1) is 9.02. The summed E-state index contributed by atoms with van der Waals surface area (Å²) >= 11 is 9.46. The molecule has 0 spiro atoms. The predicted octanol–water partition coefficient (Wildman–Crippen LogP) is 3.64. The molecule has 3 nitrogen and oxygen atoms in total. The number of piperidine rings is 1. The first-order valence-electron chi connectivity index (χ1n) is 6.45. The molecule has 0 unspecified atom stereocenters. The third-order valence-electron chi connectivity index (χ3n) is 3.68. The third kappa shape index (κ3) is 4.35. The maximum Gasteiger partial charge on any atom is 0.252 e. The van der Waals surface area contributed by atoms with Gasteiger partial charge in [0.2, 0.25) is 0 Å². The van der Waals surface area contributed by atoms with Gasteiger partial charge >= 0.3 is 0 Å². The molecule has 1 heterocycles. The lowest BCUT2D eigenvalue weighted by atomic mass is 9.81. The van der Waals surface area contributed by atoms with Gasteiger partial charge in [0, 0.05) is 11.0 Å². The van der Waals surface area contributed by atoms with Crippen LogP contribution in [0.1, 0.15) is 30.1 Å². The Kier molecular flexibility index (Phi) is 6.79. The number of hydrogen-bond donors (Lipinski definition) is 2. The van der Waals surface area contributed by atoms with Crippen LogP contribution in [-0.2, 0) is 0 Å². The Balaban J connectivity index is 0.00000200. The summed E-state index contributed by atoms with van der Waals surface area (Å²) in [6, 6.07) is 5.39. The lowest BCUT2D eigenvalue weighted by molar-refractivity contribution is 0.0922. The van der Waals surface area contributed by atoms with Crippen LogP contribution in [0, 0.1) is 5.41 Å².